The van der Waals surface area contributed by atoms with E-state index < -0.39 is 0 Å². The van der Waals surface area contributed by atoms with E-state index in [0.29, 0.717) is 22.2 Å². The minimum atomic E-state index is -0.121. The number of nitrogen functional groups attached to an aromatic ring is 1. The largest absolute Gasteiger partial charge is 0.399 e. The van der Waals surface area contributed by atoms with Gasteiger partial charge in [0.05, 0.1) is 10.6 Å². The molecule has 0 aliphatic heterocycles. The zero-order valence-electron chi connectivity index (χ0n) is 11.4. The number of hydrogen-bond acceptors (Lipinski definition) is 2. The summed E-state index contributed by atoms with van der Waals surface area (Å²) in [6, 6.07) is 5.24. The number of hydrogen-bond donors (Lipinski definition) is 2. The number of carbonyl (C=O) groups is 1. The smallest absolute Gasteiger partial charge is 0.253 e. The number of amides is 1. The van der Waals surface area contributed by atoms with E-state index in [4.69, 9.17) is 17.3 Å². The van der Waals surface area contributed by atoms with Gasteiger partial charge in [-0.1, -0.05) is 25.4 Å². The van der Waals surface area contributed by atoms with Crippen LogP contribution in [0.1, 0.15) is 43.5 Å². The van der Waals surface area contributed by atoms with E-state index in [9.17, 15) is 4.79 Å². The Morgan fingerprint density at radius 2 is 2.05 bits per heavy atom. The molecule has 1 aromatic carbocycles. The molecule has 0 radical (unpaired) electrons. The van der Waals surface area contributed by atoms with Crippen LogP contribution in [-0.4, -0.2) is 11.9 Å². The SMILES string of the molecule is CC1CCC(NC(=O)c2cc(N)ccc2Cl)CC1C. The van der Waals surface area contributed by atoms with Crippen LogP contribution in [-0.2, 0) is 0 Å². The molecule has 0 aromatic heterocycles. The summed E-state index contributed by atoms with van der Waals surface area (Å²) in [7, 11) is 0. The van der Waals surface area contributed by atoms with Gasteiger partial charge in [-0.3, -0.25) is 4.79 Å². The average molecular weight is 281 g/mol. The second kappa shape index (κ2) is 5.83. The molecule has 0 spiro atoms. The van der Waals surface area contributed by atoms with Gasteiger partial charge in [-0.25, -0.2) is 0 Å². The number of nitrogens with one attached hydrogen (secondary N) is 1. The molecule has 2 rings (SSSR count). The summed E-state index contributed by atoms with van der Waals surface area (Å²) in [6.45, 7) is 4.52. The zero-order valence-corrected chi connectivity index (χ0v) is 12.2. The Bertz CT molecular complexity index is 475. The summed E-state index contributed by atoms with van der Waals surface area (Å²) in [5.41, 5.74) is 6.72. The molecule has 3 N–H and O–H groups in total. The summed E-state index contributed by atoms with van der Waals surface area (Å²) in [6.07, 6.45) is 3.24. The normalized spacial score (nSPS) is 27.0. The first-order valence-corrected chi connectivity index (χ1v) is 7.21. The Kier molecular flexibility index (Phi) is 4.35. The standard InChI is InChI=1S/C15H21ClN2O/c1-9-3-5-12(7-10(9)2)18-15(19)13-8-11(17)4-6-14(13)16/h4,6,8-10,12H,3,5,7,17H2,1-2H3,(H,18,19). The van der Waals surface area contributed by atoms with E-state index in [1.54, 1.807) is 18.2 Å². The third-order valence-electron chi connectivity index (χ3n) is 4.17. The van der Waals surface area contributed by atoms with Crippen LogP contribution in [0.4, 0.5) is 5.69 Å². The zero-order chi connectivity index (χ0) is 14.0. The van der Waals surface area contributed by atoms with Crippen molar-refractivity contribution in [1.29, 1.82) is 0 Å². The van der Waals surface area contributed by atoms with Crippen LogP contribution in [0, 0.1) is 11.8 Å². The van der Waals surface area contributed by atoms with Gasteiger partial charge in [-0.05, 0) is 49.3 Å². The first-order chi connectivity index (χ1) is 8.97. The third-order valence-corrected chi connectivity index (χ3v) is 4.50. The number of halogens is 1. The van der Waals surface area contributed by atoms with Crippen LogP contribution in [0.5, 0.6) is 0 Å². The van der Waals surface area contributed by atoms with Gasteiger partial charge >= 0.3 is 0 Å². The Morgan fingerprint density at radius 1 is 1.32 bits per heavy atom. The van der Waals surface area contributed by atoms with Crippen LogP contribution in [0.3, 0.4) is 0 Å². The number of nitrogens with two attached hydrogens (primary N) is 1. The molecule has 0 bridgehead atoms. The van der Waals surface area contributed by atoms with E-state index in [-0.39, 0.29) is 11.9 Å². The molecule has 1 aliphatic rings. The molecule has 1 aliphatic carbocycles. The maximum Gasteiger partial charge on any atom is 0.253 e. The van der Waals surface area contributed by atoms with E-state index in [0.717, 1.165) is 25.2 Å². The molecular weight excluding hydrogens is 260 g/mol. The predicted molar refractivity (Wildman–Crippen MR) is 79.3 cm³/mol. The van der Waals surface area contributed by atoms with Crippen LogP contribution in [0.25, 0.3) is 0 Å². The number of rotatable bonds is 2. The van der Waals surface area contributed by atoms with Gasteiger partial charge in [0, 0.05) is 11.7 Å². The van der Waals surface area contributed by atoms with E-state index in [1.165, 1.54) is 0 Å². The second-order valence-electron chi connectivity index (χ2n) is 5.68. The fraction of sp³-hybridized carbons (Fsp3) is 0.533. The summed E-state index contributed by atoms with van der Waals surface area (Å²) in [5.74, 6) is 1.27. The summed E-state index contributed by atoms with van der Waals surface area (Å²) in [4.78, 5) is 12.2. The van der Waals surface area contributed by atoms with Crippen LogP contribution < -0.4 is 11.1 Å². The van der Waals surface area contributed by atoms with Gasteiger partial charge in [0.15, 0.2) is 0 Å². The molecule has 1 saturated carbocycles. The minimum Gasteiger partial charge on any atom is -0.399 e. The van der Waals surface area contributed by atoms with Gasteiger partial charge in [-0.15, -0.1) is 0 Å². The van der Waals surface area contributed by atoms with Gasteiger partial charge in [0.1, 0.15) is 0 Å². The van der Waals surface area contributed by atoms with Crippen molar-refractivity contribution in [2.75, 3.05) is 5.73 Å². The van der Waals surface area contributed by atoms with Crippen LogP contribution >= 0.6 is 11.6 Å². The number of anilines is 1. The topological polar surface area (TPSA) is 55.1 Å². The monoisotopic (exact) mass is 280 g/mol. The van der Waals surface area contributed by atoms with Crippen molar-refractivity contribution < 1.29 is 4.79 Å². The summed E-state index contributed by atoms with van der Waals surface area (Å²) >= 11 is 6.04. The fourth-order valence-electron chi connectivity index (χ4n) is 2.66. The quantitative estimate of drug-likeness (QED) is 0.815. The lowest BCUT2D eigenvalue weighted by molar-refractivity contribution is 0.0911. The van der Waals surface area contributed by atoms with Gasteiger partial charge in [0.2, 0.25) is 0 Å². The molecule has 104 valence electrons. The van der Waals surface area contributed by atoms with Gasteiger partial charge < -0.3 is 11.1 Å². The van der Waals surface area contributed by atoms with Crippen molar-refractivity contribution in [1.82, 2.24) is 5.32 Å². The first-order valence-electron chi connectivity index (χ1n) is 6.83. The van der Waals surface area contributed by atoms with Gasteiger partial charge in [0.25, 0.3) is 5.91 Å². The molecule has 3 atom stereocenters. The predicted octanol–water partition coefficient (Wildman–Crippen LogP) is 3.48. The Balaban J connectivity index is 2.03. The van der Waals surface area contributed by atoms with Crippen molar-refractivity contribution in [3.05, 3.63) is 28.8 Å². The molecule has 3 unspecified atom stereocenters. The second-order valence-corrected chi connectivity index (χ2v) is 6.08. The molecule has 0 saturated heterocycles. The van der Waals surface area contributed by atoms with E-state index in [1.807, 2.05) is 0 Å². The van der Waals surface area contributed by atoms with Crippen molar-refractivity contribution >= 4 is 23.2 Å². The lowest BCUT2D eigenvalue weighted by Crippen LogP contribution is -2.39. The van der Waals surface area contributed by atoms with Crippen molar-refractivity contribution in [2.45, 2.75) is 39.2 Å². The summed E-state index contributed by atoms with van der Waals surface area (Å²) in [5, 5.41) is 3.52. The molecule has 3 nitrogen and oxygen atoms in total. The molecule has 4 heteroatoms. The maximum atomic E-state index is 12.2. The number of benzene rings is 1. The Hall–Kier alpha value is -1.22. The van der Waals surface area contributed by atoms with E-state index in [2.05, 4.69) is 19.2 Å². The highest BCUT2D eigenvalue weighted by molar-refractivity contribution is 6.34. The maximum absolute atomic E-state index is 12.2. The molecule has 19 heavy (non-hydrogen) atoms. The fourth-order valence-corrected chi connectivity index (χ4v) is 2.86. The van der Waals surface area contributed by atoms with E-state index >= 15 is 0 Å². The number of carbonyl (C=O) groups excluding carboxylic acids is 1. The average Bonchev–Trinajstić information content (AvgIpc) is 2.36. The van der Waals surface area contributed by atoms with Crippen LogP contribution in [0.15, 0.2) is 18.2 Å². The molecular formula is C15H21ClN2O. The van der Waals surface area contributed by atoms with Crippen molar-refractivity contribution in [2.24, 2.45) is 11.8 Å². The Morgan fingerprint density at radius 3 is 2.74 bits per heavy atom. The highest BCUT2D eigenvalue weighted by Gasteiger charge is 2.26. The third kappa shape index (κ3) is 3.41. The van der Waals surface area contributed by atoms with Crippen LogP contribution in [0.2, 0.25) is 5.02 Å². The highest BCUT2D eigenvalue weighted by atomic mass is 35.5. The van der Waals surface area contributed by atoms with Gasteiger partial charge in [-0.2, -0.15) is 0 Å². The highest BCUT2D eigenvalue weighted by Crippen LogP contribution is 2.29. The molecule has 0 heterocycles. The van der Waals surface area contributed by atoms with Crippen molar-refractivity contribution in [3.63, 3.8) is 0 Å². The first kappa shape index (κ1) is 14.2. The van der Waals surface area contributed by atoms with Crippen molar-refractivity contribution in [3.8, 4) is 0 Å². The Labute approximate surface area is 119 Å². The lowest BCUT2D eigenvalue weighted by atomic mass is 9.79. The summed E-state index contributed by atoms with van der Waals surface area (Å²) < 4.78 is 0. The lowest BCUT2D eigenvalue weighted by Gasteiger charge is -2.32. The molecule has 1 fully saturated rings. The minimum absolute atomic E-state index is 0.121. The molecule has 1 amide bonds. The molecule has 1 aromatic rings.